The molecule has 0 aliphatic rings. The van der Waals surface area contributed by atoms with E-state index in [0.717, 1.165) is 23.0 Å². The predicted octanol–water partition coefficient (Wildman–Crippen LogP) is 0.716. The summed E-state index contributed by atoms with van der Waals surface area (Å²) in [6, 6.07) is 7.54. The average Bonchev–Trinajstić information content (AvgIpc) is 2.87. The van der Waals surface area contributed by atoms with Gasteiger partial charge in [-0.25, -0.2) is 0 Å². The molecule has 4 N–H and O–H groups in total. The topological polar surface area (TPSA) is 74.2 Å². The number of likely N-dealkylation sites (N-methyl/N-ethyl adjacent to an activating group) is 2. The Hall–Kier alpha value is -1.85. The lowest BCUT2D eigenvalue weighted by atomic mass is 10.0. The van der Waals surface area contributed by atoms with Crippen molar-refractivity contribution in [1.29, 1.82) is 0 Å². The largest absolute Gasteiger partial charge is 0.361 e. The third kappa shape index (κ3) is 3.18. The fourth-order valence-corrected chi connectivity index (χ4v) is 2.30. The van der Waals surface area contributed by atoms with Crippen LogP contribution in [0.2, 0.25) is 0 Å². The van der Waals surface area contributed by atoms with Gasteiger partial charge in [-0.05, 0) is 25.1 Å². The van der Waals surface area contributed by atoms with E-state index in [9.17, 15) is 4.79 Å². The van der Waals surface area contributed by atoms with Crippen LogP contribution in [0.1, 0.15) is 5.56 Å². The Labute approximate surface area is 119 Å². The Kier molecular flexibility index (Phi) is 4.76. The van der Waals surface area contributed by atoms with E-state index in [-0.39, 0.29) is 5.91 Å². The maximum atomic E-state index is 12.2. The molecular weight excluding hydrogens is 252 g/mol. The molecule has 20 heavy (non-hydrogen) atoms. The summed E-state index contributed by atoms with van der Waals surface area (Å²) in [5.74, 6) is -0.0227. The molecule has 1 heterocycles. The SMILES string of the molecule is CNCCN(C)C(=O)C(N)Cc1c[nH]c2ccccc12. The molecule has 0 radical (unpaired) electrons. The quantitative estimate of drug-likeness (QED) is 0.726. The number of benzene rings is 1. The molecule has 5 heteroatoms. The van der Waals surface area contributed by atoms with Gasteiger partial charge in [0.25, 0.3) is 0 Å². The van der Waals surface area contributed by atoms with Crippen molar-refractivity contribution in [3.05, 3.63) is 36.0 Å². The van der Waals surface area contributed by atoms with E-state index in [2.05, 4.69) is 10.3 Å². The monoisotopic (exact) mass is 274 g/mol. The smallest absolute Gasteiger partial charge is 0.239 e. The number of nitrogens with zero attached hydrogens (tertiary/aromatic N) is 1. The zero-order valence-corrected chi connectivity index (χ0v) is 12.0. The molecule has 0 aliphatic heterocycles. The summed E-state index contributed by atoms with van der Waals surface area (Å²) >= 11 is 0. The number of H-pyrrole nitrogens is 1. The van der Waals surface area contributed by atoms with Crippen molar-refractivity contribution >= 4 is 16.8 Å². The van der Waals surface area contributed by atoms with Gasteiger partial charge < -0.3 is 20.9 Å². The first-order chi connectivity index (χ1) is 9.63. The zero-order chi connectivity index (χ0) is 14.5. The average molecular weight is 274 g/mol. The Balaban J connectivity index is 2.03. The van der Waals surface area contributed by atoms with Gasteiger partial charge in [0.15, 0.2) is 0 Å². The number of fused-ring (bicyclic) bond motifs is 1. The van der Waals surface area contributed by atoms with Crippen LogP contribution >= 0.6 is 0 Å². The van der Waals surface area contributed by atoms with E-state index >= 15 is 0 Å². The van der Waals surface area contributed by atoms with Crippen LogP contribution in [0.25, 0.3) is 10.9 Å². The van der Waals surface area contributed by atoms with Gasteiger partial charge in [-0.15, -0.1) is 0 Å². The van der Waals surface area contributed by atoms with Gasteiger partial charge in [0, 0.05) is 37.2 Å². The Morgan fingerprint density at radius 3 is 2.95 bits per heavy atom. The lowest BCUT2D eigenvalue weighted by molar-refractivity contribution is -0.131. The number of nitrogens with one attached hydrogen (secondary N) is 2. The summed E-state index contributed by atoms with van der Waals surface area (Å²) in [5, 5.41) is 4.16. The van der Waals surface area contributed by atoms with Gasteiger partial charge in [0.1, 0.15) is 0 Å². The third-order valence-corrected chi connectivity index (χ3v) is 3.51. The number of carbonyl (C=O) groups excluding carboxylic acids is 1. The highest BCUT2D eigenvalue weighted by atomic mass is 16.2. The van der Waals surface area contributed by atoms with Crippen molar-refractivity contribution in [3.8, 4) is 0 Å². The second-order valence-electron chi connectivity index (χ2n) is 5.03. The van der Waals surface area contributed by atoms with Crippen LogP contribution in [0.15, 0.2) is 30.5 Å². The number of hydrogen-bond acceptors (Lipinski definition) is 3. The maximum absolute atomic E-state index is 12.2. The summed E-state index contributed by atoms with van der Waals surface area (Å²) in [4.78, 5) is 17.1. The van der Waals surface area contributed by atoms with Crippen molar-refractivity contribution in [1.82, 2.24) is 15.2 Å². The van der Waals surface area contributed by atoms with E-state index < -0.39 is 6.04 Å². The molecule has 0 saturated heterocycles. The first-order valence-corrected chi connectivity index (χ1v) is 6.83. The Bertz CT molecular complexity index is 578. The van der Waals surface area contributed by atoms with Gasteiger partial charge in [0.2, 0.25) is 5.91 Å². The Morgan fingerprint density at radius 1 is 1.45 bits per heavy atom. The van der Waals surface area contributed by atoms with Crippen molar-refractivity contribution in [2.45, 2.75) is 12.5 Å². The predicted molar refractivity (Wildman–Crippen MR) is 81.5 cm³/mol. The summed E-state index contributed by atoms with van der Waals surface area (Å²) in [6.45, 7) is 1.43. The third-order valence-electron chi connectivity index (χ3n) is 3.51. The van der Waals surface area contributed by atoms with Gasteiger partial charge in [-0.2, -0.15) is 0 Å². The number of hydrogen-bond donors (Lipinski definition) is 3. The highest BCUT2D eigenvalue weighted by Gasteiger charge is 2.19. The van der Waals surface area contributed by atoms with Crippen LogP contribution in [0, 0.1) is 0 Å². The van der Waals surface area contributed by atoms with Crippen LogP contribution < -0.4 is 11.1 Å². The van der Waals surface area contributed by atoms with Crippen LogP contribution in [0.3, 0.4) is 0 Å². The minimum absolute atomic E-state index is 0.0227. The molecule has 0 saturated carbocycles. The molecule has 0 bridgehead atoms. The normalized spacial score (nSPS) is 12.6. The molecule has 2 aromatic rings. The van der Waals surface area contributed by atoms with Gasteiger partial charge in [-0.3, -0.25) is 4.79 Å². The lowest BCUT2D eigenvalue weighted by Gasteiger charge is -2.21. The van der Waals surface area contributed by atoms with Crippen LogP contribution in [-0.4, -0.2) is 49.0 Å². The summed E-state index contributed by atoms with van der Waals surface area (Å²) in [7, 11) is 3.65. The summed E-state index contributed by atoms with van der Waals surface area (Å²) in [6.07, 6.45) is 2.48. The molecule has 108 valence electrons. The highest BCUT2D eigenvalue weighted by molar-refractivity contribution is 5.86. The van der Waals surface area contributed by atoms with Crippen molar-refractivity contribution in [3.63, 3.8) is 0 Å². The second-order valence-corrected chi connectivity index (χ2v) is 5.03. The van der Waals surface area contributed by atoms with Crippen molar-refractivity contribution < 1.29 is 4.79 Å². The molecule has 1 aromatic carbocycles. The summed E-state index contributed by atoms with van der Waals surface area (Å²) < 4.78 is 0. The number of carbonyl (C=O) groups is 1. The summed E-state index contributed by atoms with van der Waals surface area (Å²) in [5.41, 5.74) is 8.21. The fourth-order valence-electron chi connectivity index (χ4n) is 2.30. The number of rotatable bonds is 6. The first kappa shape index (κ1) is 14.6. The Morgan fingerprint density at radius 2 is 2.20 bits per heavy atom. The van der Waals surface area contributed by atoms with E-state index in [1.807, 2.05) is 37.5 Å². The van der Waals surface area contributed by atoms with Crippen molar-refractivity contribution in [2.24, 2.45) is 5.73 Å². The molecule has 0 aliphatic carbocycles. The van der Waals surface area contributed by atoms with Crippen molar-refractivity contribution in [2.75, 3.05) is 27.2 Å². The first-order valence-electron chi connectivity index (χ1n) is 6.83. The second kappa shape index (κ2) is 6.54. The number of aromatic nitrogens is 1. The minimum atomic E-state index is -0.504. The molecule has 5 nitrogen and oxygen atoms in total. The molecule has 0 fully saturated rings. The van der Waals surface area contributed by atoms with Gasteiger partial charge >= 0.3 is 0 Å². The molecule has 1 amide bonds. The molecule has 2 rings (SSSR count). The van der Waals surface area contributed by atoms with E-state index in [0.29, 0.717) is 13.0 Å². The van der Waals surface area contributed by atoms with Gasteiger partial charge in [0.05, 0.1) is 6.04 Å². The molecule has 1 aromatic heterocycles. The molecular formula is C15H22N4O. The van der Waals surface area contributed by atoms with Crippen LogP contribution in [-0.2, 0) is 11.2 Å². The lowest BCUT2D eigenvalue weighted by Crippen LogP contribution is -2.44. The highest BCUT2D eigenvalue weighted by Crippen LogP contribution is 2.18. The zero-order valence-electron chi connectivity index (χ0n) is 12.0. The van der Waals surface area contributed by atoms with E-state index in [4.69, 9.17) is 5.73 Å². The van der Waals surface area contributed by atoms with E-state index in [1.54, 1.807) is 11.9 Å². The number of nitrogens with two attached hydrogens (primary N) is 1. The molecule has 0 spiro atoms. The fraction of sp³-hybridized carbons (Fsp3) is 0.400. The van der Waals surface area contributed by atoms with Crippen LogP contribution in [0.5, 0.6) is 0 Å². The van der Waals surface area contributed by atoms with Gasteiger partial charge in [-0.1, -0.05) is 18.2 Å². The number of amides is 1. The number of para-hydroxylation sites is 1. The molecule has 1 unspecified atom stereocenters. The maximum Gasteiger partial charge on any atom is 0.239 e. The number of aromatic amines is 1. The minimum Gasteiger partial charge on any atom is -0.361 e. The van der Waals surface area contributed by atoms with Crippen LogP contribution in [0.4, 0.5) is 0 Å². The molecule has 1 atom stereocenters. The van der Waals surface area contributed by atoms with E-state index in [1.165, 1.54) is 0 Å². The standard InChI is InChI=1S/C15H22N4O/c1-17-7-8-19(2)15(20)13(16)9-11-10-18-14-6-4-3-5-12(11)14/h3-6,10,13,17-18H,7-9,16H2,1-2H3.